The first-order valence-corrected chi connectivity index (χ1v) is 6.93. The molecule has 1 fully saturated rings. The number of aliphatic imine (C=N–C) groups is 1. The highest BCUT2D eigenvalue weighted by Crippen LogP contribution is 2.52. The van der Waals surface area contributed by atoms with Gasteiger partial charge in [0.2, 0.25) is 23.2 Å². The van der Waals surface area contributed by atoms with E-state index >= 15 is 0 Å². The molecule has 9 heteroatoms. The van der Waals surface area contributed by atoms with Gasteiger partial charge in [0.05, 0.1) is 18.7 Å². The Kier molecular flexibility index (Phi) is 2.52. The SMILES string of the molecule is CC1(C)Oc2c(CO)oc(N3CNC4=C(N)NC=N[C@@H]43)c2O1. The quantitative estimate of drug-likeness (QED) is 0.590. The zero-order valence-corrected chi connectivity index (χ0v) is 12.2. The van der Waals surface area contributed by atoms with Gasteiger partial charge in [-0.3, -0.25) is 4.90 Å². The second kappa shape index (κ2) is 4.23. The fraction of sp³-hybridized carbons (Fsp3) is 0.462. The van der Waals surface area contributed by atoms with Gasteiger partial charge in [-0.1, -0.05) is 0 Å². The van der Waals surface area contributed by atoms with Crippen molar-refractivity contribution >= 4 is 12.2 Å². The van der Waals surface area contributed by atoms with Crippen LogP contribution in [0.5, 0.6) is 11.5 Å². The number of nitrogens with zero attached hydrogens (tertiary/aromatic N) is 2. The van der Waals surface area contributed by atoms with Crippen molar-refractivity contribution in [2.45, 2.75) is 32.4 Å². The summed E-state index contributed by atoms with van der Waals surface area (Å²) in [6, 6.07) is 0. The molecule has 0 bridgehead atoms. The van der Waals surface area contributed by atoms with E-state index in [1.165, 1.54) is 0 Å². The Balaban J connectivity index is 1.76. The molecular weight excluding hydrogens is 290 g/mol. The number of hydrogen-bond acceptors (Lipinski definition) is 9. The molecule has 118 valence electrons. The first-order chi connectivity index (χ1) is 10.5. The minimum absolute atomic E-state index is 0.274. The summed E-state index contributed by atoms with van der Waals surface area (Å²) >= 11 is 0. The fourth-order valence-corrected chi connectivity index (χ4v) is 2.76. The van der Waals surface area contributed by atoms with E-state index < -0.39 is 5.79 Å². The second-order valence-corrected chi connectivity index (χ2v) is 5.68. The van der Waals surface area contributed by atoms with Crippen LogP contribution in [-0.4, -0.2) is 30.1 Å². The molecule has 0 saturated carbocycles. The van der Waals surface area contributed by atoms with Crippen molar-refractivity contribution < 1.29 is 19.0 Å². The van der Waals surface area contributed by atoms with Gasteiger partial charge in [-0.25, -0.2) is 4.99 Å². The van der Waals surface area contributed by atoms with Gasteiger partial charge >= 0.3 is 0 Å². The van der Waals surface area contributed by atoms with Crippen molar-refractivity contribution in [2.24, 2.45) is 10.7 Å². The summed E-state index contributed by atoms with van der Waals surface area (Å²) in [6.07, 6.45) is 1.22. The summed E-state index contributed by atoms with van der Waals surface area (Å²) in [7, 11) is 0. The van der Waals surface area contributed by atoms with Crippen LogP contribution in [0.4, 0.5) is 5.88 Å². The van der Waals surface area contributed by atoms with E-state index in [1.54, 1.807) is 20.2 Å². The smallest absolute Gasteiger partial charge is 0.246 e. The molecule has 4 heterocycles. The maximum absolute atomic E-state index is 9.47. The first kappa shape index (κ1) is 13.1. The van der Waals surface area contributed by atoms with Gasteiger partial charge in [-0.05, 0) is 0 Å². The average Bonchev–Trinajstić information content (AvgIpc) is 3.10. The monoisotopic (exact) mass is 307 g/mol. The summed E-state index contributed by atoms with van der Waals surface area (Å²) in [5.41, 5.74) is 6.68. The molecule has 0 aromatic carbocycles. The zero-order valence-electron chi connectivity index (χ0n) is 12.2. The van der Waals surface area contributed by atoms with E-state index in [1.807, 2.05) is 4.90 Å². The molecule has 0 amide bonds. The molecular formula is C13H17N5O4. The maximum atomic E-state index is 9.47. The van der Waals surface area contributed by atoms with E-state index in [0.29, 0.717) is 35.6 Å². The predicted octanol–water partition coefficient (Wildman–Crippen LogP) is -0.268. The lowest BCUT2D eigenvalue weighted by Crippen LogP contribution is -2.36. The highest BCUT2D eigenvalue weighted by atomic mass is 16.7. The number of anilines is 1. The van der Waals surface area contributed by atoms with Gasteiger partial charge in [0.25, 0.3) is 0 Å². The number of hydrogen-bond donors (Lipinski definition) is 4. The van der Waals surface area contributed by atoms with E-state index in [0.717, 1.165) is 5.70 Å². The van der Waals surface area contributed by atoms with Crippen LogP contribution in [0.25, 0.3) is 0 Å². The summed E-state index contributed by atoms with van der Waals surface area (Å²) < 4.78 is 17.2. The predicted molar refractivity (Wildman–Crippen MR) is 77.1 cm³/mol. The molecule has 0 radical (unpaired) electrons. The molecule has 1 saturated heterocycles. The molecule has 5 N–H and O–H groups in total. The fourth-order valence-electron chi connectivity index (χ4n) is 2.76. The van der Waals surface area contributed by atoms with Crippen LogP contribution in [0, 0.1) is 0 Å². The average molecular weight is 307 g/mol. The van der Waals surface area contributed by atoms with Crippen LogP contribution in [0.2, 0.25) is 0 Å². The summed E-state index contributed by atoms with van der Waals surface area (Å²) in [5.74, 6) is 1.42. The van der Waals surface area contributed by atoms with Crippen LogP contribution in [0.15, 0.2) is 20.9 Å². The molecule has 1 aromatic heterocycles. The number of rotatable bonds is 2. The number of furan rings is 1. The second-order valence-electron chi connectivity index (χ2n) is 5.68. The lowest BCUT2D eigenvalue weighted by molar-refractivity contribution is -0.0470. The van der Waals surface area contributed by atoms with Crippen molar-refractivity contribution in [3.8, 4) is 11.5 Å². The van der Waals surface area contributed by atoms with Crippen LogP contribution < -0.4 is 30.7 Å². The Morgan fingerprint density at radius 1 is 1.45 bits per heavy atom. The third-order valence-corrected chi connectivity index (χ3v) is 3.69. The minimum atomic E-state index is -0.803. The third kappa shape index (κ3) is 1.72. The van der Waals surface area contributed by atoms with E-state index in [4.69, 9.17) is 19.6 Å². The topological polar surface area (TPSA) is 118 Å². The molecule has 1 atom stereocenters. The molecule has 3 aliphatic heterocycles. The first-order valence-electron chi connectivity index (χ1n) is 6.93. The highest BCUT2D eigenvalue weighted by Gasteiger charge is 2.44. The van der Waals surface area contributed by atoms with E-state index in [9.17, 15) is 5.11 Å². The Labute approximate surface area is 126 Å². The van der Waals surface area contributed by atoms with Crippen LogP contribution in [0.1, 0.15) is 19.6 Å². The molecule has 0 aliphatic carbocycles. The zero-order chi connectivity index (χ0) is 15.5. The molecule has 9 nitrogen and oxygen atoms in total. The lowest BCUT2D eigenvalue weighted by Gasteiger charge is -2.24. The Morgan fingerprint density at radius 2 is 2.23 bits per heavy atom. The van der Waals surface area contributed by atoms with Crippen molar-refractivity contribution in [2.75, 3.05) is 11.6 Å². The number of aliphatic hydroxyl groups excluding tert-OH is 1. The number of fused-ring (bicyclic) bond motifs is 2. The number of nitrogens with two attached hydrogens (primary N) is 1. The van der Waals surface area contributed by atoms with Gasteiger partial charge in [-0.15, -0.1) is 0 Å². The molecule has 4 rings (SSSR count). The number of ether oxygens (including phenoxy) is 2. The van der Waals surface area contributed by atoms with Crippen LogP contribution >= 0.6 is 0 Å². The minimum Gasteiger partial charge on any atom is -0.445 e. The summed E-state index contributed by atoms with van der Waals surface area (Å²) in [6.45, 7) is 3.77. The lowest BCUT2D eigenvalue weighted by atomic mass is 10.3. The Hall–Kier alpha value is -2.55. The Morgan fingerprint density at radius 3 is 3.00 bits per heavy atom. The van der Waals surface area contributed by atoms with Crippen LogP contribution in [-0.2, 0) is 6.61 Å². The molecule has 3 aliphatic rings. The largest absolute Gasteiger partial charge is 0.445 e. The van der Waals surface area contributed by atoms with Gasteiger partial charge < -0.3 is 35.4 Å². The third-order valence-electron chi connectivity index (χ3n) is 3.69. The van der Waals surface area contributed by atoms with Crippen molar-refractivity contribution in [3.05, 3.63) is 17.3 Å². The molecule has 1 aromatic rings. The van der Waals surface area contributed by atoms with Crippen LogP contribution in [0.3, 0.4) is 0 Å². The summed E-state index contributed by atoms with van der Waals surface area (Å²) in [5, 5.41) is 15.5. The maximum Gasteiger partial charge on any atom is 0.246 e. The number of nitrogens with one attached hydrogen (secondary N) is 2. The molecule has 0 spiro atoms. The van der Waals surface area contributed by atoms with Crippen molar-refractivity contribution in [1.82, 2.24) is 10.6 Å². The van der Waals surface area contributed by atoms with Gasteiger partial charge in [-0.2, -0.15) is 0 Å². The molecule has 0 unspecified atom stereocenters. The van der Waals surface area contributed by atoms with Gasteiger partial charge in [0.15, 0.2) is 11.9 Å². The molecule has 22 heavy (non-hydrogen) atoms. The Bertz CT molecular complexity index is 693. The van der Waals surface area contributed by atoms with Gasteiger partial charge in [0.1, 0.15) is 12.4 Å². The standard InChI is InChI=1S/C13H17N5O4/c1-13(2)21-8-6(3-19)20-12(9(8)22-13)18-5-17-7-10(14)15-4-16-11(7)18/h4,11,17,19H,3,5,14H2,1-2H3,(H,15,16)/t11-/m1/s1. The number of aliphatic hydroxyl groups is 1. The summed E-state index contributed by atoms with van der Waals surface area (Å²) in [4.78, 5) is 6.23. The van der Waals surface area contributed by atoms with E-state index in [-0.39, 0.29) is 12.8 Å². The van der Waals surface area contributed by atoms with Crippen molar-refractivity contribution in [3.63, 3.8) is 0 Å². The van der Waals surface area contributed by atoms with Crippen molar-refractivity contribution in [1.29, 1.82) is 0 Å². The van der Waals surface area contributed by atoms with E-state index in [2.05, 4.69) is 15.6 Å². The highest BCUT2D eigenvalue weighted by molar-refractivity contribution is 5.67. The normalized spacial score (nSPS) is 24.3. The van der Waals surface area contributed by atoms with Gasteiger partial charge in [0, 0.05) is 13.8 Å².